The largest absolute Gasteiger partial charge is 0.376 e. The molecule has 0 aromatic rings. The van der Waals surface area contributed by atoms with Crippen molar-refractivity contribution in [2.45, 2.75) is 44.2 Å². The Morgan fingerprint density at radius 3 is 2.76 bits per heavy atom. The van der Waals surface area contributed by atoms with Gasteiger partial charge in [-0.1, -0.05) is 12.2 Å². The van der Waals surface area contributed by atoms with Crippen LogP contribution < -0.4 is 5.32 Å². The van der Waals surface area contributed by atoms with E-state index in [1.807, 2.05) is 0 Å². The molecule has 94 valence electrons. The molecule has 3 aliphatic carbocycles. The molecule has 1 aliphatic heterocycles. The molecule has 4 rings (SSSR count). The van der Waals surface area contributed by atoms with Gasteiger partial charge in [0.15, 0.2) is 0 Å². The van der Waals surface area contributed by atoms with E-state index in [1.165, 1.54) is 38.6 Å². The third-order valence-corrected chi connectivity index (χ3v) is 5.28. The first-order valence-electron chi connectivity index (χ1n) is 7.43. The number of rotatable bonds is 4. The maximum absolute atomic E-state index is 5.89. The van der Waals surface area contributed by atoms with Crippen molar-refractivity contribution in [2.75, 3.05) is 13.2 Å². The first-order chi connectivity index (χ1) is 8.40. The normalized spacial score (nSPS) is 48.1. The number of allylic oxidation sites excluding steroid dienone is 2. The molecule has 0 aromatic carbocycles. The SMILES string of the molecule is C1=CC2CC1CC2CNC1CCOC1C1CC1. The standard InChI is InChI=1S/C15H23NO/c1-2-12-7-10(1)8-13(12)9-16-14-5-6-17-15(14)11-3-4-11/h1-2,10-16H,3-9H2. The summed E-state index contributed by atoms with van der Waals surface area (Å²) in [7, 11) is 0. The zero-order valence-corrected chi connectivity index (χ0v) is 10.5. The molecule has 0 spiro atoms. The van der Waals surface area contributed by atoms with E-state index in [0.717, 1.165) is 30.3 Å². The molecule has 2 bridgehead atoms. The topological polar surface area (TPSA) is 21.3 Å². The Morgan fingerprint density at radius 1 is 1.12 bits per heavy atom. The molecule has 2 nitrogen and oxygen atoms in total. The molecule has 2 heteroatoms. The lowest BCUT2D eigenvalue weighted by atomic mass is 9.93. The van der Waals surface area contributed by atoms with Gasteiger partial charge < -0.3 is 10.1 Å². The lowest BCUT2D eigenvalue weighted by Crippen LogP contribution is -2.40. The van der Waals surface area contributed by atoms with Crippen LogP contribution in [0.5, 0.6) is 0 Å². The van der Waals surface area contributed by atoms with Crippen LogP contribution in [0.25, 0.3) is 0 Å². The molecule has 1 heterocycles. The predicted octanol–water partition coefficient (Wildman–Crippen LogP) is 2.36. The lowest BCUT2D eigenvalue weighted by Gasteiger charge is -2.24. The second-order valence-corrected chi connectivity index (χ2v) is 6.52. The summed E-state index contributed by atoms with van der Waals surface area (Å²) < 4.78 is 5.89. The number of hydrogen-bond acceptors (Lipinski definition) is 2. The van der Waals surface area contributed by atoms with Gasteiger partial charge >= 0.3 is 0 Å². The van der Waals surface area contributed by atoms with Crippen molar-refractivity contribution in [1.82, 2.24) is 5.32 Å². The molecular formula is C15H23NO. The third kappa shape index (κ3) is 1.96. The summed E-state index contributed by atoms with van der Waals surface area (Å²) in [4.78, 5) is 0. The van der Waals surface area contributed by atoms with Crippen molar-refractivity contribution in [1.29, 1.82) is 0 Å². The predicted molar refractivity (Wildman–Crippen MR) is 67.7 cm³/mol. The minimum absolute atomic E-state index is 0.545. The molecule has 3 fully saturated rings. The van der Waals surface area contributed by atoms with Gasteiger partial charge in [0.2, 0.25) is 0 Å². The van der Waals surface area contributed by atoms with Crippen molar-refractivity contribution in [2.24, 2.45) is 23.7 Å². The van der Waals surface area contributed by atoms with Gasteiger partial charge in [-0.2, -0.15) is 0 Å². The summed E-state index contributed by atoms with van der Waals surface area (Å²) in [5.41, 5.74) is 0. The second kappa shape index (κ2) is 4.10. The highest BCUT2D eigenvalue weighted by Crippen LogP contribution is 2.43. The van der Waals surface area contributed by atoms with Crippen molar-refractivity contribution in [3.8, 4) is 0 Å². The van der Waals surface area contributed by atoms with Crippen LogP contribution in [-0.2, 0) is 4.74 Å². The van der Waals surface area contributed by atoms with E-state index >= 15 is 0 Å². The quantitative estimate of drug-likeness (QED) is 0.753. The van der Waals surface area contributed by atoms with Crippen molar-refractivity contribution < 1.29 is 4.74 Å². The highest BCUT2D eigenvalue weighted by molar-refractivity contribution is 5.10. The van der Waals surface area contributed by atoms with Crippen LogP contribution in [0.4, 0.5) is 0 Å². The number of hydrogen-bond donors (Lipinski definition) is 1. The minimum atomic E-state index is 0.545. The zero-order valence-electron chi connectivity index (χ0n) is 10.5. The average Bonchev–Trinajstić information content (AvgIpc) is 2.80. The van der Waals surface area contributed by atoms with Gasteiger partial charge in [-0.15, -0.1) is 0 Å². The van der Waals surface area contributed by atoms with Crippen LogP contribution in [0.15, 0.2) is 12.2 Å². The fourth-order valence-corrected chi connectivity index (χ4v) is 4.15. The summed E-state index contributed by atoms with van der Waals surface area (Å²) in [6.07, 6.45) is 12.3. The number of fused-ring (bicyclic) bond motifs is 2. The van der Waals surface area contributed by atoms with Crippen molar-refractivity contribution in [3.63, 3.8) is 0 Å². The van der Waals surface area contributed by atoms with Gasteiger partial charge in [0.1, 0.15) is 0 Å². The van der Waals surface area contributed by atoms with Crippen LogP contribution >= 0.6 is 0 Å². The fraction of sp³-hybridized carbons (Fsp3) is 0.867. The van der Waals surface area contributed by atoms with Crippen LogP contribution in [0.2, 0.25) is 0 Å². The van der Waals surface area contributed by atoms with E-state index < -0.39 is 0 Å². The molecule has 2 saturated carbocycles. The van der Waals surface area contributed by atoms with E-state index in [1.54, 1.807) is 0 Å². The van der Waals surface area contributed by atoms with E-state index in [9.17, 15) is 0 Å². The lowest BCUT2D eigenvalue weighted by molar-refractivity contribution is 0.0801. The molecule has 5 atom stereocenters. The monoisotopic (exact) mass is 233 g/mol. The van der Waals surface area contributed by atoms with Crippen molar-refractivity contribution >= 4 is 0 Å². The van der Waals surface area contributed by atoms with Crippen LogP contribution in [0, 0.1) is 23.7 Å². The Balaban J connectivity index is 1.31. The summed E-state index contributed by atoms with van der Waals surface area (Å²) in [5.74, 6) is 3.58. The smallest absolute Gasteiger partial charge is 0.0756 e. The molecule has 1 saturated heterocycles. The van der Waals surface area contributed by atoms with E-state index in [2.05, 4.69) is 17.5 Å². The minimum Gasteiger partial charge on any atom is -0.376 e. The summed E-state index contributed by atoms with van der Waals surface area (Å²) in [6.45, 7) is 2.21. The third-order valence-electron chi connectivity index (χ3n) is 5.28. The Bertz CT molecular complexity index is 323. The van der Waals surface area contributed by atoms with Crippen LogP contribution in [-0.4, -0.2) is 25.3 Å². The molecule has 0 radical (unpaired) electrons. The Labute approximate surface area is 104 Å². The summed E-state index contributed by atoms with van der Waals surface area (Å²) >= 11 is 0. The molecule has 0 amide bonds. The Morgan fingerprint density at radius 2 is 2.06 bits per heavy atom. The zero-order chi connectivity index (χ0) is 11.2. The molecule has 5 unspecified atom stereocenters. The maximum Gasteiger partial charge on any atom is 0.0756 e. The van der Waals surface area contributed by atoms with Gasteiger partial charge in [0.25, 0.3) is 0 Å². The summed E-state index contributed by atoms with van der Waals surface area (Å²) in [6, 6.07) is 0.658. The van der Waals surface area contributed by atoms with E-state index in [-0.39, 0.29) is 0 Å². The number of nitrogens with one attached hydrogen (secondary N) is 1. The maximum atomic E-state index is 5.89. The molecular weight excluding hydrogens is 210 g/mol. The van der Waals surface area contributed by atoms with Crippen molar-refractivity contribution in [3.05, 3.63) is 12.2 Å². The first kappa shape index (κ1) is 10.6. The average molecular weight is 233 g/mol. The molecule has 4 aliphatic rings. The Kier molecular flexibility index (Phi) is 2.55. The van der Waals surface area contributed by atoms with Gasteiger partial charge in [-0.05, 0) is 62.3 Å². The summed E-state index contributed by atoms with van der Waals surface area (Å²) in [5, 5.41) is 3.82. The van der Waals surface area contributed by atoms with Gasteiger partial charge in [-0.25, -0.2) is 0 Å². The van der Waals surface area contributed by atoms with Crippen LogP contribution in [0.3, 0.4) is 0 Å². The molecule has 0 aromatic heterocycles. The van der Waals surface area contributed by atoms with Gasteiger partial charge in [0, 0.05) is 12.6 Å². The van der Waals surface area contributed by atoms with E-state index in [4.69, 9.17) is 4.74 Å². The highest BCUT2D eigenvalue weighted by atomic mass is 16.5. The Hall–Kier alpha value is -0.340. The highest BCUT2D eigenvalue weighted by Gasteiger charge is 2.41. The van der Waals surface area contributed by atoms with Gasteiger partial charge in [0.05, 0.1) is 6.10 Å². The second-order valence-electron chi connectivity index (χ2n) is 6.52. The fourth-order valence-electron chi connectivity index (χ4n) is 4.15. The first-order valence-corrected chi connectivity index (χ1v) is 7.43. The molecule has 17 heavy (non-hydrogen) atoms. The van der Waals surface area contributed by atoms with E-state index in [0.29, 0.717) is 12.1 Å². The number of ether oxygens (including phenoxy) is 1. The van der Waals surface area contributed by atoms with Crippen LogP contribution in [0.1, 0.15) is 32.1 Å². The van der Waals surface area contributed by atoms with Gasteiger partial charge in [-0.3, -0.25) is 0 Å². The molecule has 1 N–H and O–H groups in total.